The number of aryl methyl sites for hydroxylation is 1. The van der Waals surface area contributed by atoms with Gasteiger partial charge in [-0.15, -0.1) is 0 Å². The van der Waals surface area contributed by atoms with E-state index in [4.69, 9.17) is 4.74 Å². The standard InChI is InChI=1S/C15H21NO3/c1-3-19-15(18)5-4-10-16-11-14(17)13-8-6-12(2)7-9-13/h6-9,16H,3-5,10-11H2,1-2H3. The summed E-state index contributed by atoms with van der Waals surface area (Å²) in [5, 5.41) is 3.04. The molecule has 19 heavy (non-hydrogen) atoms. The molecule has 0 aromatic heterocycles. The van der Waals surface area contributed by atoms with Gasteiger partial charge in [0.2, 0.25) is 0 Å². The third-order valence-electron chi connectivity index (χ3n) is 2.70. The van der Waals surface area contributed by atoms with Crippen LogP contribution < -0.4 is 5.32 Å². The van der Waals surface area contributed by atoms with Gasteiger partial charge in [-0.3, -0.25) is 9.59 Å². The molecule has 1 rings (SSSR count). The summed E-state index contributed by atoms with van der Waals surface area (Å²) in [6.07, 6.45) is 1.07. The van der Waals surface area contributed by atoms with E-state index in [1.165, 1.54) is 0 Å². The van der Waals surface area contributed by atoms with E-state index in [2.05, 4.69) is 5.32 Å². The van der Waals surface area contributed by atoms with Crippen LogP contribution >= 0.6 is 0 Å². The van der Waals surface area contributed by atoms with Gasteiger partial charge in [0.05, 0.1) is 13.2 Å². The van der Waals surface area contributed by atoms with E-state index < -0.39 is 0 Å². The van der Waals surface area contributed by atoms with Crippen molar-refractivity contribution in [3.05, 3.63) is 35.4 Å². The molecule has 104 valence electrons. The van der Waals surface area contributed by atoms with Gasteiger partial charge >= 0.3 is 5.97 Å². The van der Waals surface area contributed by atoms with Crippen molar-refractivity contribution in [1.82, 2.24) is 5.32 Å². The predicted molar refractivity (Wildman–Crippen MR) is 74.2 cm³/mol. The van der Waals surface area contributed by atoms with Crippen molar-refractivity contribution in [2.24, 2.45) is 0 Å². The highest BCUT2D eigenvalue weighted by atomic mass is 16.5. The van der Waals surface area contributed by atoms with Gasteiger partial charge in [0, 0.05) is 12.0 Å². The number of nitrogens with one attached hydrogen (secondary N) is 1. The van der Waals surface area contributed by atoms with Crippen LogP contribution in [0.1, 0.15) is 35.7 Å². The van der Waals surface area contributed by atoms with E-state index in [1.807, 2.05) is 31.2 Å². The highest BCUT2D eigenvalue weighted by Crippen LogP contribution is 2.03. The third-order valence-corrected chi connectivity index (χ3v) is 2.70. The van der Waals surface area contributed by atoms with Crippen molar-refractivity contribution in [3.63, 3.8) is 0 Å². The molecule has 0 aliphatic carbocycles. The van der Waals surface area contributed by atoms with E-state index in [9.17, 15) is 9.59 Å². The van der Waals surface area contributed by atoms with Gasteiger partial charge in [-0.2, -0.15) is 0 Å². The van der Waals surface area contributed by atoms with Crippen molar-refractivity contribution in [2.75, 3.05) is 19.7 Å². The number of ether oxygens (including phenoxy) is 1. The molecule has 0 bridgehead atoms. The summed E-state index contributed by atoms with van der Waals surface area (Å²) in [7, 11) is 0. The molecule has 4 nitrogen and oxygen atoms in total. The fraction of sp³-hybridized carbons (Fsp3) is 0.467. The molecule has 0 heterocycles. The lowest BCUT2D eigenvalue weighted by Crippen LogP contribution is -2.24. The maximum Gasteiger partial charge on any atom is 0.305 e. The second kappa shape index (κ2) is 8.43. The molecule has 1 aromatic carbocycles. The minimum atomic E-state index is -0.186. The summed E-state index contributed by atoms with van der Waals surface area (Å²) in [4.78, 5) is 22.9. The van der Waals surface area contributed by atoms with E-state index in [0.717, 1.165) is 5.56 Å². The van der Waals surface area contributed by atoms with Crippen LogP contribution in [0.25, 0.3) is 0 Å². The Kier molecular flexibility index (Phi) is 6.82. The summed E-state index contributed by atoms with van der Waals surface area (Å²) in [5.41, 5.74) is 1.85. The van der Waals surface area contributed by atoms with Crippen LogP contribution in [-0.4, -0.2) is 31.4 Å². The van der Waals surface area contributed by atoms with E-state index in [-0.39, 0.29) is 11.8 Å². The number of rotatable bonds is 8. The average Bonchev–Trinajstić information content (AvgIpc) is 2.39. The average molecular weight is 263 g/mol. The summed E-state index contributed by atoms with van der Waals surface area (Å²) in [6.45, 7) is 5.12. The van der Waals surface area contributed by atoms with E-state index in [0.29, 0.717) is 38.1 Å². The minimum absolute atomic E-state index is 0.0659. The Morgan fingerprint density at radius 2 is 1.89 bits per heavy atom. The Hall–Kier alpha value is -1.68. The molecule has 1 aromatic rings. The lowest BCUT2D eigenvalue weighted by molar-refractivity contribution is -0.143. The van der Waals surface area contributed by atoms with Crippen molar-refractivity contribution < 1.29 is 14.3 Å². The number of esters is 1. The first-order valence-corrected chi connectivity index (χ1v) is 6.59. The smallest absolute Gasteiger partial charge is 0.305 e. The number of hydrogen-bond donors (Lipinski definition) is 1. The molecule has 0 aliphatic rings. The Balaban J connectivity index is 2.17. The van der Waals surface area contributed by atoms with E-state index >= 15 is 0 Å². The van der Waals surface area contributed by atoms with Gasteiger partial charge in [-0.05, 0) is 26.8 Å². The first-order chi connectivity index (χ1) is 9.13. The lowest BCUT2D eigenvalue weighted by Gasteiger charge is -2.05. The number of hydrogen-bond acceptors (Lipinski definition) is 4. The quantitative estimate of drug-likeness (QED) is 0.443. The Labute approximate surface area is 114 Å². The first kappa shape index (κ1) is 15.4. The molecule has 0 unspecified atom stereocenters. The zero-order valence-electron chi connectivity index (χ0n) is 11.6. The van der Waals surface area contributed by atoms with Crippen LogP contribution in [0.15, 0.2) is 24.3 Å². The fourth-order valence-electron chi connectivity index (χ4n) is 1.63. The molecule has 0 fully saturated rings. The van der Waals surface area contributed by atoms with Gasteiger partial charge in [0.15, 0.2) is 5.78 Å². The van der Waals surface area contributed by atoms with Crippen LogP contribution in [0, 0.1) is 6.92 Å². The second-order valence-corrected chi connectivity index (χ2v) is 4.37. The third kappa shape index (κ3) is 6.15. The largest absolute Gasteiger partial charge is 0.466 e. The molecule has 0 saturated carbocycles. The SMILES string of the molecule is CCOC(=O)CCCNCC(=O)c1ccc(C)cc1. The fourth-order valence-corrected chi connectivity index (χ4v) is 1.63. The number of carbonyl (C=O) groups is 2. The van der Waals surface area contributed by atoms with E-state index in [1.54, 1.807) is 6.92 Å². The minimum Gasteiger partial charge on any atom is -0.466 e. The maximum atomic E-state index is 11.8. The molecule has 4 heteroatoms. The van der Waals surface area contributed by atoms with Gasteiger partial charge in [0.1, 0.15) is 0 Å². The Bertz CT molecular complexity index is 412. The Morgan fingerprint density at radius 3 is 2.53 bits per heavy atom. The first-order valence-electron chi connectivity index (χ1n) is 6.59. The van der Waals surface area contributed by atoms with Crippen LogP contribution in [0.5, 0.6) is 0 Å². The van der Waals surface area contributed by atoms with Crippen LogP contribution in [0.4, 0.5) is 0 Å². The zero-order chi connectivity index (χ0) is 14.1. The molecule has 0 aliphatic heterocycles. The molecule has 0 atom stereocenters. The molecule has 0 radical (unpaired) electrons. The van der Waals surface area contributed by atoms with Crippen molar-refractivity contribution in [3.8, 4) is 0 Å². The topological polar surface area (TPSA) is 55.4 Å². The van der Waals surface area contributed by atoms with Crippen molar-refractivity contribution >= 4 is 11.8 Å². The molecule has 0 saturated heterocycles. The zero-order valence-corrected chi connectivity index (χ0v) is 11.6. The van der Waals surface area contributed by atoms with Crippen LogP contribution in [-0.2, 0) is 9.53 Å². The van der Waals surface area contributed by atoms with Crippen LogP contribution in [0.3, 0.4) is 0 Å². The summed E-state index contributed by atoms with van der Waals surface area (Å²) in [6, 6.07) is 7.51. The number of ketones is 1. The molecule has 0 amide bonds. The number of Topliss-reactive ketones (excluding diaryl/α,β-unsaturated/α-hetero) is 1. The van der Waals surface area contributed by atoms with Gasteiger partial charge in [0.25, 0.3) is 0 Å². The van der Waals surface area contributed by atoms with Gasteiger partial charge in [-0.25, -0.2) is 0 Å². The molecular formula is C15H21NO3. The molecule has 0 spiro atoms. The molecule has 1 N–H and O–H groups in total. The highest BCUT2D eigenvalue weighted by molar-refractivity contribution is 5.97. The number of benzene rings is 1. The second-order valence-electron chi connectivity index (χ2n) is 4.37. The summed E-state index contributed by atoms with van der Waals surface area (Å²) < 4.78 is 4.82. The highest BCUT2D eigenvalue weighted by Gasteiger charge is 2.05. The van der Waals surface area contributed by atoms with Crippen molar-refractivity contribution in [2.45, 2.75) is 26.7 Å². The summed E-state index contributed by atoms with van der Waals surface area (Å²) >= 11 is 0. The van der Waals surface area contributed by atoms with Crippen molar-refractivity contribution in [1.29, 1.82) is 0 Å². The van der Waals surface area contributed by atoms with Crippen LogP contribution in [0.2, 0.25) is 0 Å². The Morgan fingerprint density at radius 1 is 1.21 bits per heavy atom. The predicted octanol–water partition coefficient (Wildman–Crippen LogP) is 2.11. The monoisotopic (exact) mass is 263 g/mol. The molecular weight excluding hydrogens is 242 g/mol. The van der Waals surface area contributed by atoms with Gasteiger partial charge < -0.3 is 10.1 Å². The number of carbonyl (C=O) groups excluding carboxylic acids is 2. The summed E-state index contributed by atoms with van der Waals surface area (Å²) in [5.74, 6) is -0.120. The normalized spacial score (nSPS) is 10.2. The maximum absolute atomic E-state index is 11.8. The van der Waals surface area contributed by atoms with Gasteiger partial charge in [-0.1, -0.05) is 29.8 Å². The lowest BCUT2D eigenvalue weighted by atomic mass is 10.1.